The van der Waals surface area contributed by atoms with E-state index in [4.69, 9.17) is 12.2 Å². The Hall–Kier alpha value is -1.89. The van der Waals surface area contributed by atoms with Gasteiger partial charge in [0.15, 0.2) is 0 Å². The first-order chi connectivity index (χ1) is 10.9. The van der Waals surface area contributed by atoms with Crippen molar-refractivity contribution in [3.63, 3.8) is 0 Å². The van der Waals surface area contributed by atoms with E-state index in [1.807, 2.05) is 30.3 Å². The highest BCUT2D eigenvalue weighted by Crippen LogP contribution is 2.37. The van der Waals surface area contributed by atoms with Gasteiger partial charge < -0.3 is 4.90 Å². The molecule has 0 fully saturated rings. The number of aryl methyl sites for hydroxylation is 1. The number of aromatic nitrogens is 2. The quantitative estimate of drug-likeness (QED) is 0.793. The smallest absolute Gasteiger partial charge is 0.338 e. The van der Waals surface area contributed by atoms with Crippen LogP contribution in [0.15, 0.2) is 30.3 Å². The van der Waals surface area contributed by atoms with E-state index in [1.54, 1.807) is 11.9 Å². The van der Waals surface area contributed by atoms with Crippen molar-refractivity contribution in [1.82, 2.24) is 9.78 Å². The van der Waals surface area contributed by atoms with Crippen molar-refractivity contribution in [2.45, 2.75) is 32.0 Å². The summed E-state index contributed by atoms with van der Waals surface area (Å²) in [7, 11) is 1.75. The number of benzene rings is 1. The van der Waals surface area contributed by atoms with Gasteiger partial charge in [0.2, 0.25) is 0 Å². The molecule has 0 saturated carbocycles. The third kappa shape index (κ3) is 3.10. The molecule has 0 N–H and O–H groups in total. The lowest BCUT2D eigenvalue weighted by molar-refractivity contribution is -0.144. The van der Waals surface area contributed by atoms with Gasteiger partial charge in [-0.3, -0.25) is 4.68 Å². The third-order valence-electron chi connectivity index (χ3n) is 4.05. The number of fused-ring (bicyclic) bond motifs is 1. The van der Waals surface area contributed by atoms with Crippen LogP contribution in [-0.2, 0) is 25.6 Å². The Kier molecular flexibility index (Phi) is 4.14. The normalized spacial score (nSPS) is 13.9. The topological polar surface area (TPSA) is 21.1 Å². The second-order valence-electron chi connectivity index (χ2n) is 5.57. The van der Waals surface area contributed by atoms with Crippen LogP contribution in [0.2, 0.25) is 0 Å². The third-order valence-corrected chi connectivity index (χ3v) is 4.45. The number of nitrogens with zero attached hydrogens (tertiary/aromatic N) is 3. The fourth-order valence-electron chi connectivity index (χ4n) is 2.91. The largest absolute Gasteiger partial charge is 0.433 e. The molecular weight excluding hydrogens is 323 g/mol. The van der Waals surface area contributed by atoms with Crippen LogP contribution in [0.25, 0.3) is 0 Å². The molecule has 0 saturated heterocycles. The van der Waals surface area contributed by atoms with Gasteiger partial charge in [0, 0.05) is 18.3 Å². The van der Waals surface area contributed by atoms with Gasteiger partial charge >= 0.3 is 6.18 Å². The summed E-state index contributed by atoms with van der Waals surface area (Å²) in [6.45, 7) is -0.0530. The second-order valence-corrected chi connectivity index (χ2v) is 6.04. The van der Waals surface area contributed by atoms with Crippen LogP contribution in [0.1, 0.15) is 23.4 Å². The molecule has 1 heterocycles. The van der Waals surface area contributed by atoms with Crippen LogP contribution in [-0.4, -0.2) is 21.8 Å². The lowest BCUT2D eigenvalue weighted by Crippen LogP contribution is -2.30. The first-order valence-electron chi connectivity index (χ1n) is 7.35. The van der Waals surface area contributed by atoms with E-state index in [9.17, 15) is 13.2 Å². The minimum absolute atomic E-state index is 0.0530. The van der Waals surface area contributed by atoms with E-state index in [1.165, 1.54) is 0 Å². The zero-order valence-electron chi connectivity index (χ0n) is 12.6. The molecule has 0 amide bonds. The van der Waals surface area contributed by atoms with Crippen molar-refractivity contribution in [1.29, 1.82) is 0 Å². The van der Waals surface area contributed by atoms with Gasteiger partial charge in [0.25, 0.3) is 0 Å². The van der Waals surface area contributed by atoms with E-state index in [2.05, 4.69) is 5.10 Å². The van der Waals surface area contributed by atoms with Crippen LogP contribution in [0.5, 0.6) is 0 Å². The molecule has 7 heteroatoms. The van der Waals surface area contributed by atoms with Gasteiger partial charge in [-0.05, 0) is 31.4 Å². The Labute approximate surface area is 137 Å². The van der Waals surface area contributed by atoms with Crippen LogP contribution in [0.4, 0.5) is 18.9 Å². The maximum atomic E-state index is 13.4. The Morgan fingerprint density at radius 1 is 1.26 bits per heavy atom. The standard InChI is InChI=1S/C16H16F3N3S/c1-21(11-6-3-2-4-7-11)14(23)10-22-15(16(17,18)19)12-8-5-9-13(12)20-22/h2-4,6-7H,5,8-10H2,1H3. The summed E-state index contributed by atoms with van der Waals surface area (Å²) in [4.78, 5) is 2.10. The number of para-hydroxylation sites is 1. The summed E-state index contributed by atoms with van der Waals surface area (Å²) in [5, 5.41) is 4.16. The SMILES string of the molecule is CN(C(=S)Cn1nc2c(c1C(F)(F)F)CCC2)c1ccccc1. The van der Waals surface area contributed by atoms with Crippen LogP contribution in [0.3, 0.4) is 0 Å². The fraction of sp³-hybridized carbons (Fsp3) is 0.375. The molecule has 0 radical (unpaired) electrons. The van der Waals surface area contributed by atoms with Gasteiger partial charge in [-0.1, -0.05) is 30.4 Å². The minimum Gasteiger partial charge on any atom is -0.338 e. The van der Waals surface area contributed by atoms with Crippen molar-refractivity contribution in [2.75, 3.05) is 11.9 Å². The Balaban J connectivity index is 1.87. The molecule has 1 aliphatic carbocycles. The second kappa shape index (κ2) is 5.96. The lowest BCUT2D eigenvalue weighted by atomic mass is 10.2. The molecule has 1 aromatic carbocycles. The number of thiocarbonyl (C=S) groups is 1. The molecule has 0 spiro atoms. The highest BCUT2D eigenvalue weighted by atomic mass is 32.1. The van der Waals surface area contributed by atoms with Gasteiger partial charge in [0.1, 0.15) is 10.7 Å². The first-order valence-corrected chi connectivity index (χ1v) is 7.76. The molecule has 0 bridgehead atoms. The van der Waals surface area contributed by atoms with E-state index in [0.717, 1.165) is 16.8 Å². The molecule has 1 aliphatic rings. The van der Waals surface area contributed by atoms with Crippen LogP contribution >= 0.6 is 12.2 Å². The molecule has 3 rings (SSSR count). The molecular formula is C16H16F3N3S. The van der Waals surface area contributed by atoms with Crippen molar-refractivity contribution in [3.05, 3.63) is 47.3 Å². The maximum Gasteiger partial charge on any atom is 0.433 e. The zero-order valence-corrected chi connectivity index (χ0v) is 13.4. The van der Waals surface area contributed by atoms with E-state index < -0.39 is 11.9 Å². The van der Waals surface area contributed by atoms with Crippen LogP contribution < -0.4 is 4.90 Å². The summed E-state index contributed by atoms with van der Waals surface area (Å²) in [5.74, 6) is 0. The number of alkyl halides is 3. The van der Waals surface area contributed by atoms with Gasteiger partial charge in [-0.2, -0.15) is 18.3 Å². The Bertz CT molecular complexity index is 722. The number of hydrogen-bond acceptors (Lipinski definition) is 2. The van der Waals surface area contributed by atoms with Crippen molar-refractivity contribution < 1.29 is 13.2 Å². The van der Waals surface area contributed by atoms with Crippen molar-refractivity contribution in [3.8, 4) is 0 Å². The predicted molar refractivity (Wildman–Crippen MR) is 86.7 cm³/mol. The average Bonchev–Trinajstić information content (AvgIpc) is 3.06. The average molecular weight is 339 g/mol. The Morgan fingerprint density at radius 3 is 2.61 bits per heavy atom. The summed E-state index contributed by atoms with van der Waals surface area (Å²) >= 11 is 5.33. The summed E-state index contributed by atoms with van der Waals surface area (Å²) < 4.78 is 41.2. The summed E-state index contributed by atoms with van der Waals surface area (Å²) in [6, 6.07) is 9.32. The van der Waals surface area contributed by atoms with Gasteiger partial charge in [-0.25, -0.2) is 0 Å². The number of hydrogen-bond donors (Lipinski definition) is 0. The summed E-state index contributed by atoms with van der Waals surface area (Å²) in [6.07, 6.45) is -2.64. The van der Waals surface area contributed by atoms with E-state index in [-0.39, 0.29) is 6.54 Å². The molecule has 0 aliphatic heterocycles. The van der Waals surface area contributed by atoms with E-state index >= 15 is 0 Å². The molecule has 3 nitrogen and oxygen atoms in total. The maximum absolute atomic E-state index is 13.4. The first kappa shape index (κ1) is 16.0. The molecule has 2 aromatic rings. The minimum atomic E-state index is -4.41. The number of likely N-dealkylation sites (N-methyl/N-ethyl adjacent to an activating group) is 1. The fourth-order valence-corrected chi connectivity index (χ4v) is 3.13. The monoisotopic (exact) mass is 339 g/mol. The predicted octanol–water partition coefficient (Wildman–Crippen LogP) is 3.85. The molecule has 122 valence electrons. The summed E-state index contributed by atoms with van der Waals surface area (Å²) in [5.41, 5.74) is 1.09. The van der Waals surface area contributed by atoms with Crippen molar-refractivity contribution in [2.24, 2.45) is 0 Å². The van der Waals surface area contributed by atoms with Crippen LogP contribution in [0, 0.1) is 0 Å². The van der Waals surface area contributed by atoms with E-state index in [0.29, 0.717) is 29.1 Å². The molecule has 1 aromatic heterocycles. The molecule has 23 heavy (non-hydrogen) atoms. The lowest BCUT2D eigenvalue weighted by Gasteiger charge is -2.21. The Morgan fingerprint density at radius 2 is 1.96 bits per heavy atom. The number of rotatable bonds is 3. The highest BCUT2D eigenvalue weighted by molar-refractivity contribution is 7.80. The van der Waals surface area contributed by atoms with Gasteiger partial charge in [0.05, 0.1) is 12.2 Å². The zero-order chi connectivity index (χ0) is 16.6. The molecule has 0 unspecified atom stereocenters. The van der Waals surface area contributed by atoms with Gasteiger partial charge in [-0.15, -0.1) is 0 Å². The number of anilines is 1. The molecule has 0 atom stereocenters. The van der Waals surface area contributed by atoms with Crippen molar-refractivity contribution >= 4 is 22.9 Å². The number of halogens is 3. The highest BCUT2D eigenvalue weighted by Gasteiger charge is 2.41.